The zero-order valence-electron chi connectivity index (χ0n) is 15.1. The van der Waals surface area contributed by atoms with Crippen molar-refractivity contribution < 1.29 is 9.47 Å². The molecular weight excluding hydrogens is 453 g/mol. The minimum atomic E-state index is 0. The van der Waals surface area contributed by atoms with Gasteiger partial charge in [-0.1, -0.05) is 42.5 Å². The maximum Gasteiger partial charge on any atom is 0.231 e. The molecule has 0 radical (unpaired) electrons. The van der Waals surface area contributed by atoms with E-state index >= 15 is 0 Å². The summed E-state index contributed by atoms with van der Waals surface area (Å²) in [5.41, 5.74) is 2.33. The van der Waals surface area contributed by atoms with Crippen LogP contribution in [0.4, 0.5) is 0 Å². The third-order valence-electron chi connectivity index (χ3n) is 4.39. The van der Waals surface area contributed by atoms with Crippen molar-refractivity contribution in [2.45, 2.75) is 13.1 Å². The Hall–Kier alpha value is -2.48. The molecule has 3 aromatic rings. The van der Waals surface area contributed by atoms with Crippen molar-refractivity contribution >= 4 is 40.7 Å². The Labute approximate surface area is 175 Å². The minimum absolute atomic E-state index is 0. The molecule has 5 nitrogen and oxygen atoms in total. The fraction of sp³-hybridized carbons (Fsp3) is 0.190. The van der Waals surface area contributed by atoms with E-state index in [1.807, 2.05) is 18.2 Å². The van der Waals surface area contributed by atoms with Gasteiger partial charge in [-0.15, -0.1) is 24.0 Å². The third-order valence-corrected chi connectivity index (χ3v) is 4.39. The van der Waals surface area contributed by atoms with Gasteiger partial charge in [-0.25, -0.2) is 0 Å². The number of nitrogens with zero attached hydrogens (tertiary/aromatic N) is 1. The van der Waals surface area contributed by atoms with E-state index in [-0.39, 0.29) is 24.0 Å². The first-order chi connectivity index (χ1) is 12.8. The molecule has 0 amide bonds. The molecule has 2 N–H and O–H groups in total. The Bertz CT molecular complexity index is 959. The fourth-order valence-corrected chi connectivity index (χ4v) is 2.99. The van der Waals surface area contributed by atoms with Gasteiger partial charge in [-0.2, -0.15) is 0 Å². The van der Waals surface area contributed by atoms with Gasteiger partial charge >= 0.3 is 0 Å². The minimum Gasteiger partial charge on any atom is -0.454 e. The van der Waals surface area contributed by atoms with Crippen molar-refractivity contribution in [3.8, 4) is 11.5 Å². The lowest BCUT2D eigenvalue weighted by atomic mass is 10.1. The second-order valence-corrected chi connectivity index (χ2v) is 6.15. The molecule has 1 aliphatic rings. The zero-order chi connectivity index (χ0) is 17.8. The van der Waals surface area contributed by atoms with Crippen LogP contribution < -0.4 is 20.1 Å². The highest BCUT2D eigenvalue weighted by atomic mass is 127. The van der Waals surface area contributed by atoms with Gasteiger partial charge in [-0.05, 0) is 40.1 Å². The lowest BCUT2D eigenvalue weighted by Gasteiger charge is -2.13. The Morgan fingerprint density at radius 3 is 2.30 bits per heavy atom. The first-order valence-electron chi connectivity index (χ1n) is 8.62. The van der Waals surface area contributed by atoms with Gasteiger partial charge in [-0.3, -0.25) is 4.99 Å². The highest BCUT2D eigenvalue weighted by Gasteiger charge is 2.13. The number of nitrogens with one attached hydrogen (secondary N) is 2. The van der Waals surface area contributed by atoms with E-state index < -0.39 is 0 Å². The Morgan fingerprint density at radius 2 is 1.52 bits per heavy atom. The number of fused-ring (bicyclic) bond motifs is 2. The average molecular weight is 475 g/mol. The molecule has 0 spiro atoms. The Kier molecular flexibility index (Phi) is 6.39. The summed E-state index contributed by atoms with van der Waals surface area (Å²) in [5.74, 6) is 2.35. The Morgan fingerprint density at radius 1 is 0.852 bits per heavy atom. The molecule has 0 atom stereocenters. The van der Waals surface area contributed by atoms with Crippen LogP contribution in [0, 0.1) is 0 Å². The molecule has 0 aromatic heterocycles. The van der Waals surface area contributed by atoms with E-state index in [4.69, 9.17) is 9.47 Å². The van der Waals surface area contributed by atoms with Crippen molar-refractivity contribution in [1.82, 2.24) is 10.6 Å². The van der Waals surface area contributed by atoms with Crippen LogP contribution in [0.15, 0.2) is 65.7 Å². The molecule has 0 aliphatic carbocycles. The molecule has 6 heteroatoms. The smallest absolute Gasteiger partial charge is 0.231 e. The van der Waals surface area contributed by atoms with Crippen molar-refractivity contribution in [1.29, 1.82) is 0 Å². The number of guanidine groups is 1. The molecule has 140 valence electrons. The highest BCUT2D eigenvalue weighted by Crippen LogP contribution is 2.32. The van der Waals surface area contributed by atoms with Crippen molar-refractivity contribution in [2.24, 2.45) is 4.99 Å². The monoisotopic (exact) mass is 475 g/mol. The first-order valence-corrected chi connectivity index (χ1v) is 8.62. The summed E-state index contributed by atoms with van der Waals surface area (Å²) in [6.45, 7) is 1.67. The van der Waals surface area contributed by atoms with E-state index in [0.29, 0.717) is 19.9 Å². The van der Waals surface area contributed by atoms with E-state index in [0.717, 1.165) is 23.0 Å². The van der Waals surface area contributed by atoms with Gasteiger partial charge in [0.2, 0.25) is 6.79 Å². The van der Waals surface area contributed by atoms with Gasteiger partial charge in [0.25, 0.3) is 0 Å². The number of benzene rings is 3. The molecule has 0 saturated heterocycles. The highest BCUT2D eigenvalue weighted by molar-refractivity contribution is 14.0. The standard InChI is InChI=1S/C21H21N3O2.HI/c1-22-21(24-13-16-7-9-19-20(11-16)26-14-25-19)23-12-15-6-8-17-4-2-3-5-18(17)10-15;/h2-11H,12-14H2,1H3,(H2,22,23,24);1H. The summed E-state index contributed by atoms with van der Waals surface area (Å²) in [4.78, 5) is 4.29. The quantitative estimate of drug-likeness (QED) is 0.340. The predicted octanol–water partition coefficient (Wildman–Crippen LogP) is 4.05. The number of rotatable bonds is 4. The maximum absolute atomic E-state index is 5.42. The SMILES string of the molecule is CN=C(NCc1ccc2c(c1)OCO2)NCc1ccc2ccccc2c1.I. The summed E-state index contributed by atoms with van der Waals surface area (Å²) in [5, 5.41) is 9.18. The third kappa shape index (κ3) is 4.63. The van der Waals surface area contributed by atoms with E-state index in [2.05, 4.69) is 58.1 Å². The molecule has 0 saturated carbocycles. The second-order valence-electron chi connectivity index (χ2n) is 6.15. The van der Waals surface area contributed by atoms with Crippen LogP contribution in [0.1, 0.15) is 11.1 Å². The van der Waals surface area contributed by atoms with Gasteiger partial charge in [0.1, 0.15) is 0 Å². The Balaban J connectivity index is 0.00000210. The number of halogens is 1. The molecule has 4 rings (SSSR count). The average Bonchev–Trinajstić information content (AvgIpc) is 3.16. The van der Waals surface area contributed by atoms with Crippen LogP contribution in [0.2, 0.25) is 0 Å². The molecule has 27 heavy (non-hydrogen) atoms. The molecule has 1 aliphatic heterocycles. The van der Waals surface area contributed by atoms with Gasteiger partial charge < -0.3 is 20.1 Å². The van der Waals surface area contributed by atoms with E-state index in [1.165, 1.54) is 16.3 Å². The summed E-state index contributed by atoms with van der Waals surface area (Å²) in [6.07, 6.45) is 0. The maximum atomic E-state index is 5.42. The summed E-state index contributed by atoms with van der Waals surface area (Å²) < 4.78 is 10.8. The summed E-state index contributed by atoms with van der Waals surface area (Å²) in [6, 6.07) is 20.8. The van der Waals surface area contributed by atoms with Crippen LogP contribution in [0.3, 0.4) is 0 Å². The van der Waals surface area contributed by atoms with Crippen molar-refractivity contribution in [2.75, 3.05) is 13.8 Å². The van der Waals surface area contributed by atoms with Crippen LogP contribution in [-0.4, -0.2) is 19.8 Å². The number of ether oxygens (including phenoxy) is 2. The molecule has 0 unspecified atom stereocenters. The topological polar surface area (TPSA) is 54.9 Å². The fourth-order valence-electron chi connectivity index (χ4n) is 2.99. The van der Waals surface area contributed by atoms with Gasteiger partial charge in [0.15, 0.2) is 17.5 Å². The molecule has 3 aromatic carbocycles. The summed E-state index contributed by atoms with van der Waals surface area (Å²) in [7, 11) is 1.77. The van der Waals surface area contributed by atoms with E-state index in [9.17, 15) is 0 Å². The predicted molar refractivity (Wildman–Crippen MR) is 119 cm³/mol. The largest absolute Gasteiger partial charge is 0.454 e. The van der Waals surface area contributed by atoms with Crippen molar-refractivity contribution in [3.05, 3.63) is 71.8 Å². The summed E-state index contributed by atoms with van der Waals surface area (Å²) >= 11 is 0. The van der Waals surface area contributed by atoms with Gasteiger partial charge in [0, 0.05) is 20.1 Å². The number of aliphatic imine (C=N–C) groups is 1. The van der Waals surface area contributed by atoms with Crippen LogP contribution in [0.25, 0.3) is 10.8 Å². The molecular formula is C21H22IN3O2. The van der Waals surface area contributed by atoms with Crippen LogP contribution in [0.5, 0.6) is 11.5 Å². The van der Waals surface area contributed by atoms with Crippen molar-refractivity contribution in [3.63, 3.8) is 0 Å². The van der Waals surface area contributed by atoms with Crippen LogP contribution in [-0.2, 0) is 13.1 Å². The number of hydrogen-bond donors (Lipinski definition) is 2. The molecule has 1 heterocycles. The lowest BCUT2D eigenvalue weighted by molar-refractivity contribution is 0.174. The normalized spacial score (nSPS) is 12.6. The first kappa shape index (κ1) is 19.3. The molecule has 0 bridgehead atoms. The number of hydrogen-bond acceptors (Lipinski definition) is 3. The van der Waals surface area contributed by atoms with Gasteiger partial charge in [0.05, 0.1) is 0 Å². The lowest BCUT2D eigenvalue weighted by Crippen LogP contribution is -2.36. The van der Waals surface area contributed by atoms with Crippen LogP contribution >= 0.6 is 24.0 Å². The zero-order valence-corrected chi connectivity index (χ0v) is 17.4. The second kappa shape index (κ2) is 8.94. The van der Waals surface area contributed by atoms with E-state index in [1.54, 1.807) is 7.05 Å². The molecule has 0 fully saturated rings.